The lowest BCUT2D eigenvalue weighted by molar-refractivity contribution is 0.0943. The normalized spacial score (nSPS) is 20.4. The van der Waals surface area contributed by atoms with Crippen molar-refractivity contribution in [2.75, 3.05) is 25.1 Å². The van der Waals surface area contributed by atoms with Crippen LogP contribution in [-0.4, -0.2) is 37.9 Å². The number of nitrogen functional groups attached to an aromatic ring is 1. The average Bonchev–Trinajstić information content (AvgIpc) is 2.41. The van der Waals surface area contributed by atoms with E-state index in [4.69, 9.17) is 5.73 Å². The van der Waals surface area contributed by atoms with Gasteiger partial charge in [-0.15, -0.1) is 0 Å². The summed E-state index contributed by atoms with van der Waals surface area (Å²) in [6.45, 7) is 2.90. The number of benzene rings is 1. The molecule has 1 fully saturated rings. The number of anilines is 1. The molecule has 1 atom stereocenters. The van der Waals surface area contributed by atoms with Crippen molar-refractivity contribution in [1.82, 2.24) is 4.31 Å². The van der Waals surface area contributed by atoms with Gasteiger partial charge in [0.05, 0.1) is 6.26 Å². The molecule has 0 spiro atoms. The minimum Gasteiger partial charge on any atom is -0.398 e. The summed E-state index contributed by atoms with van der Waals surface area (Å²) >= 11 is 0. The minimum absolute atomic E-state index is 0.00319. The largest absolute Gasteiger partial charge is 0.398 e. The predicted molar refractivity (Wildman–Crippen MR) is 83.7 cm³/mol. The minimum atomic E-state index is -3.18. The Kier molecular flexibility index (Phi) is 4.68. The van der Waals surface area contributed by atoms with Gasteiger partial charge in [0, 0.05) is 30.8 Å². The van der Waals surface area contributed by atoms with Crippen LogP contribution in [0.3, 0.4) is 0 Å². The van der Waals surface area contributed by atoms with Crippen LogP contribution in [0, 0.1) is 12.8 Å². The van der Waals surface area contributed by atoms with Crippen molar-refractivity contribution in [3.63, 3.8) is 0 Å². The first-order chi connectivity index (χ1) is 9.77. The highest BCUT2D eigenvalue weighted by Gasteiger charge is 2.27. The number of rotatable bonds is 4. The monoisotopic (exact) mass is 310 g/mol. The van der Waals surface area contributed by atoms with Gasteiger partial charge in [-0.05, 0) is 37.8 Å². The van der Waals surface area contributed by atoms with E-state index in [2.05, 4.69) is 0 Å². The maximum absolute atomic E-state index is 12.4. The van der Waals surface area contributed by atoms with Crippen LogP contribution in [0.15, 0.2) is 18.2 Å². The second-order valence-electron chi connectivity index (χ2n) is 5.85. The molecule has 116 valence electrons. The van der Waals surface area contributed by atoms with Crippen LogP contribution >= 0.6 is 0 Å². The summed E-state index contributed by atoms with van der Waals surface area (Å²) in [6.07, 6.45) is 3.24. The predicted octanol–water partition coefficient (Wildman–Crippen LogP) is 1.82. The Morgan fingerprint density at radius 1 is 1.43 bits per heavy atom. The molecular formula is C15H22N2O3S. The van der Waals surface area contributed by atoms with E-state index in [-0.39, 0.29) is 11.7 Å². The zero-order valence-electron chi connectivity index (χ0n) is 12.5. The van der Waals surface area contributed by atoms with Gasteiger partial charge >= 0.3 is 0 Å². The van der Waals surface area contributed by atoms with Gasteiger partial charge in [0.2, 0.25) is 10.0 Å². The molecule has 6 heteroatoms. The van der Waals surface area contributed by atoms with Crippen molar-refractivity contribution in [1.29, 1.82) is 0 Å². The van der Waals surface area contributed by atoms with Crippen LogP contribution < -0.4 is 5.73 Å². The second-order valence-corrected chi connectivity index (χ2v) is 7.83. The van der Waals surface area contributed by atoms with Crippen LogP contribution in [0.2, 0.25) is 0 Å². The third kappa shape index (κ3) is 4.04. The number of carbonyl (C=O) groups is 1. The SMILES string of the molecule is Cc1ccc(N)c(C(=O)CC2CCCN(S(C)(=O)=O)C2)c1. The van der Waals surface area contributed by atoms with E-state index in [1.807, 2.05) is 13.0 Å². The van der Waals surface area contributed by atoms with Crippen LogP contribution in [-0.2, 0) is 10.0 Å². The molecule has 21 heavy (non-hydrogen) atoms. The molecule has 1 saturated heterocycles. The maximum atomic E-state index is 12.4. The third-order valence-electron chi connectivity index (χ3n) is 3.93. The summed E-state index contributed by atoms with van der Waals surface area (Å²) in [5, 5.41) is 0. The lowest BCUT2D eigenvalue weighted by atomic mass is 9.91. The molecule has 0 saturated carbocycles. The van der Waals surface area contributed by atoms with Crippen molar-refractivity contribution in [3.8, 4) is 0 Å². The van der Waals surface area contributed by atoms with Crippen LogP contribution in [0.1, 0.15) is 35.2 Å². The molecule has 2 rings (SSSR count). The first kappa shape index (κ1) is 16.0. The summed E-state index contributed by atoms with van der Waals surface area (Å²) in [4.78, 5) is 12.4. The van der Waals surface area contributed by atoms with Crippen LogP contribution in [0.5, 0.6) is 0 Å². The van der Waals surface area contributed by atoms with E-state index >= 15 is 0 Å². The molecule has 0 aliphatic carbocycles. The summed E-state index contributed by atoms with van der Waals surface area (Å²) in [6, 6.07) is 5.42. The zero-order chi connectivity index (χ0) is 15.6. The lowest BCUT2D eigenvalue weighted by Gasteiger charge is -2.30. The molecule has 2 N–H and O–H groups in total. The van der Waals surface area contributed by atoms with Gasteiger partial charge in [0.1, 0.15) is 0 Å². The summed E-state index contributed by atoms with van der Waals surface area (Å²) < 4.78 is 24.7. The number of nitrogens with zero attached hydrogens (tertiary/aromatic N) is 1. The molecule has 1 aliphatic heterocycles. The smallest absolute Gasteiger partial charge is 0.211 e. The molecule has 1 aromatic carbocycles. The number of aryl methyl sites for hydroxylation is 1. The second kappa shape index (κ2) is 6.15. The molecule has 0 amide bonds. The summed E-state index contributed by atoms with van der Waals surface area (Å²) in [7, 11) is -3.18. The van der Waals surface area contributed by atoms with Crippen molar-refractivity contribution < 1.29 is 13.2 Å². The molecule has 0 bridgehead atoms. The van der Waals surface area contributed by atoms with Crippen LogP contribution in [0.25, 0.3) is 0 Å². The van der Waals surface area contributed by atoms with Gasteiger partial charge in [-0.3, -0.25) is 4.79 Å². The average molecular weight is 310 g/mol. The first-order valence-corrected chi connectivity index (χ1v) is 8.96. The van der Waals surface area contributed by atoms with E-state index in [0.717, 1.165) is 18.4 Å². The van der Waals surface area contributed by atoms with Gasteiger partial charge in [0.15, 0.2) is 5.78 Å². The Balaban J connectivity index is 2.07. The fourth-order valence-electron chi connectivity index (χ4n) is 2.78. The van der Waals surface area contributed by atoms with Crippen molar-refractivity contribution in [2.45, 2.75) is 26.2 Å². The highest BCUT2D eigenvalue weighted by Crippen LogP contribution is 2.25. The number of nitrogens with two attached hydrogens (primary N) is 1. The van der Waals surface area contributed by atoms with Gasteiger partial charge in [-0.2, -0.15) is 0 Å². The summed E-state index contributed by atoms with van der Waals surface area (Å²) in [5.41, 5.74) is 7.89. The fraction of sp³-hybridized carbons (Fsp3) is 0.533. The number of ketones is 1. The highest BCUT2D eigenvalue weighted by molar-refractivity contribution is 7.88. The number of hydrogen-bond donors (Lipinski definition) is 1. The maximum Gasteiger partial charge on any atom is 0.211 e. The molecule has 1 heterocycles. The molecule has 5 nitrogen and oxygen atoms in total. The Morgan fingerprint density at radius 2 is 2.14 bits per heavy atom. The van der Waals surface area contributed by atoms with Gasteiger partial charge in [0.25, 0.3) is 0 Å². The number of Topliss-reactive ketones (excluding diaryl/α,β-unsaturated/α-hetero) is 1. The number of hydrogen-bond acceptors (Lipinski definition) is 4. The number of carbonyl (C=O) groups excluding carboxylic acids is 1. The van der Waals surface area contributed by atoms with Gasteiger partial charge in [-0.25, -0.2) is 12.7 Å². The van der Waals surface area contributed by atoms with Crippen molar-refractivity contribution in [2.24, 2.45) is 5.92 Å². The number of sulfonamides is 1. The standard InChI is InChI=1S/C15H22N2O3S/c1-11-5-6-14(16)13(8-11)15(18)9-12-4-3-7-17(10-12)21(2,19)20/h5-6,8,12H,3-4,7,9-10,16H2,1-2H3. The molecule has 1 unspecified atom stereocenters. The molecule has 0 radical (unpaired) electrons. The Labute approximate surface area is 126 Å². The van der Waals surface area contributed by atoms with E-state index in [1.54, 1.807) is 12.1 Å². The Morgan fingerprint density at radius 3 is 2.81 bits per heavy atom. The first-order valence-electron chi connectivity index (χ1n) is 7.12. The van der Waals surface area contributed by atoms with Crippen molar-refractivity contribution in [3.05, 3.63) is 29.3 Å². The van der Waals surface area contributed by atoms with Crippen LogP contribution in [0.4, 0.5) is 5.69 Å². The van der Waals surface area contributed by atoms with E-state index in [1.165, 1.54) is 10.6 Å². The van der Waals surface area contributed by atoms with Crippen molar-refractivity contribution >= 4 is 21.5 Å². The van der Waals surface area contributed by atoms with E-state index < -0.39 is 10.0 Å². The Bertz CT molecular complexity index is 640. The van der Waals surface area contributed by atoms with E-state index in [0.29, 0.717) is 30.8 Å². The molecule has 1 aromatic rings. The Hall–Kier alpha value is -1.40. The quantitative estimate of drug-likeness (QED) is 0.679. The molecular weight excluding hydrogens is 288 g/mol. The topological polar surface area (TPSA) is 80.5 Å². The lowest BCUT2D eigenvalue weighted by Crippen LogP contribution is -2.39. The van der Waals surface area contributed by atoms with E-state index in [9.17, 15) is 13.2 Å². The third-order valence-corrected chi connectivity index (χ3v) is 5.20. The molecule has 1 aliphatic rings. The zero-order valence-corrected chi connectivity index (χ0v) is 13.3. The van der Waals surface area contributed by atoms with Gasteiger partial charge in [-0.1, -0.05) is 11.6 Å². The fourth-order valence-corrected chi connectivity index (χ4v) is 3.72. The van der Waals surface area contributed by atoms with Gasteiger partial charge < -0.3 is 5.73 Å². The summed E-state index contributed by atoms with van der Waals surface area (Å²) in [5.74, 6) is 0.0671. The number of piperidine rings is 1. The molecule has 0 aromatic heterocycles. The highest BCUT2D eigenvalue weighted by atomic mass is 32.2.